The van der Waals surface area contributed by atoms with Crippen molar-refractivity contribution >= 4 is 17.9 Å². The first-order valence-electron chi connectivity index (χ1n) is 35.7. The summed E-state index contributed by atoms with van der Waals surface area (Å²) in [6.07, 6.45) is 92.8. The Labute approximate surface area is 536 Å². The van der Waals surface area contributed by atoms with Crippen LogP contribution in [-0.4, -0.2) is 82.3 Å². The van der Waals surface area contributed by atoms with E-state index in [4.69, 9.17) is 18.9 Å². The zero-order valence-electron chi connectivity index (χ0n) is 56.9. The predicted octanol–water partition coefficient (Wildman–Crippen LogP) is 21.0. The molecule has 0 N–H and O–H groups in total. The minimum Gasteiger partial charge on any atom is -0.545 e. The van der Waals surface area contributed by atoms with Crippen LogP contribution in [0.3, 0.4) is 0 Å². The number of carboxylic acids is 1. The molecule has 498 valence electrons. The van der Waals surface area contributed by atoms with Crippen LogP contribution in [0, 0.1) is 0 Å². The molecule has 0 amide bonds. The lowest BCUT2D eigenvalue weighted by Crippen LogP contribution is -2.44. The number of unbranched alkanes of at least 4 members (excludes halogenated alkanes) is 30. The molecule has 0 spiro atoms. The molecule has 0 fully saturated rings. The first-order valence-corrected chi connectivity index (χ1v) is 35.7. The summed E-state index contributed by atoms with van der Waals surface area (Å²) in [6.45, 7) is 4.62. The highest BCUT2D eigenvalue weighted by Gasteiger charge is 2.22. The van der Waals surface area contributed by atoms with Gasteiger partial charge in [0.2, 0.25) is 0 Å². The Kier molecular flexibility index (Phi) is 64.3. The van der Waals surface area contributed by atoms with Gasteiger partial charge in [0.1, 0.15) is 13.2 Å². The van der Waals surface area contributed by atoms with Crippen molar-refractivity contribution in [2.24, 2.45) is 0 Å². The molecule has 0 rings (SSSR count). The monoisotopic (exact) mass is 1210 g/mol. The lowest BCUT2D eigenvalue weighted by Gasteiger charge is -2.26. The first kappa shape index (κ1) is 82.7. The molecular formula is C78H133NO8. The number of likely N-dealkylation sites (N-methyl/N-ethyl adjacent to an activating group) is 1. The molecule has 9 heteroatoms. The predicted molar refractivity (Wildman–Crippen MR) is 370 cm³/mol. The van der Waals surface area contributed by atoms with E-state index < -0.39 is 24.3 Å². The third-order valence-electron chi connectivity index (χ3n) is 15.2. The number of quaternary nitrogens is 1. The second-order valence-corrected chi connectivity index (χ2v) is 24.8. The van der Waals surface area contributed by atoms with E-state index in [0.29, 0.717) is 17.4 Å². The molecule has 0 bridgehead atoms. The number of esters is 2. The van der Waals surface area contributed by atoms with Gasteiger partial charge in [0.15, 0.2) is 12.4 Å². The van der Waals surface area contributed by atoms with Crippen molar-refractivity contribution < 1.29 is 42.9 Å². The smallest absolute Gasteiger partial charge is 0.306 e. The fraction of sp³-hybridized carbons (Fsp3) is 0.705. The van der Waals surface area contributed by atoms with Crippen molar-refractivity contribution in [2.75, 3.05) is 47.5 Å². The Bertz CT molecular complexity index is 1840. The van der Waals surface area contributed by atoms with Crippen LogP contribution in [0.4, 0.5) is 0 Å². The van der Waals surface area contributed by atoms with Crippen molar-refractivity contribution in [2.45, 2.75) is 309 Å². The van der Waals surface area contributed by atoms with Gasteiger partial charge < -0.3 is 33.3 Å². The molecule has 0 aliphatic rings. The number of carboxylic acid groups (broad SMARTS) is 1. The number of allylic oxidation sites excluding steroid dienone is 20. The van der Waals surface area contributed by atoms with E-state index in [-0.39, 0.29) is 38.6 Å². The molecule has 2 atom stereocenters. The van der Waals surface area contributed by atoms with Crippen LogP contribution in [0.5, 0.6) is 0 Å². The Morgan fingerprint density at radius 2 is 0.655 bits per heavy atom. The van der Waals surface area contributed by atoms with Crippen molar-refractivity contribution in [3.05, 3.63) is 122 Å². The minimum atomic E-state index is -1.63. The molecule has 0 saturated carbocycles. The van der Waals surface area contributed by atoms with Crippen molar-refractivity contribution in [1.82, 2.24) is 0 Å². The maximum absolute atomic E-state index is 12.9. The van der Waals surface area contributed by atoms with Gasteiger partial charge in [0, 0.05) is 12.8 Å². The fourth-order valence-corrected chi connectivity index (χ4v) is 9.76. The van der Waals surface area contributed by atoms with Crippen LogP contribution in [0.15, 0.2) is 122 Å². The van der Waals surface area contributed by atoms with Gasteiger partial charge in [0.25, 0.3) is 0 Å². The average molecular weight is 1210 g/mol. The summed E-state index contributed by atoms with van der Waals surface area (Å²) >= 11 is 0. The second kappa shape index (κ2) is 67.6. The van der Waals surface area contributed by atoms with Gasteiger partial charge in [-0.05, 0) is 109 Å². The van der Waals surface area contributed by atoms with Crippen LogP contribution in [-0.2, 0) is 33.3 Å². The lowest BCUT2D eigenvalue weighted by atomic mass is 10.0. The second-order valence-electron chi connectivity index (χ2n) is 24.8. The van der Waals surface area contributed by atoms with E-state index in [0.717, 1.165) is 103 Å². The molecular weight excluding hydrogens is 1080 g/mol. The molecule has 0 aromatic carbocycles. The number of carbonyl (C=O) groups excluding carboxylic acids is 3. The molecule has 9 nitrogen and oxygen atoms in total. The van der Waals surface area contributed by atoms with Crippen molar-refractivity contribution in [1.29, 1.82) is 0 Å². The van der Waals surface area contributed by atoms with Crippen LogP contribution < -0.4 is 5.11 Å². The van der Waals surface area contributed by atoms with Crippen LogP contribution in [0.2, 0.25) is 0 Å². The van der Waals surface area contributed by atoms with Crippen molar-refractivity contribution in [3.63, 3.8) is 0 Å². The number of ether oxygens (including phenoxy) is 4. The summed E-state index contributed by atoms with van der Waals surface area (Å²) < 4.78 is 22.8. The Morgan fingerprint density at radius 3 is 0.977 bits per heavy atom. The zero-order valence-corrected chi connectivity index (χ0v) is 56.9. The molecule has 0 saturated heterocycles. The van der Waals surface area contributed by atoms with E-state index in [9.17, 15) is 19.5 Å². The summed E-state index contributed by atoms with van der Waals surface area (Å²) in [4.78, 5) is 37.5. The van der Waals surface area contributed by atoms with Gasteiger partial charge in [-0.15, -0.1) is 0 Å². The first-order chi connectivity index (χ1) is 42.6. The Morgan fingerprint density at radius 1 is 0.356 bits per heavy atom. The molecule has 0 aromatic heterocycles. The SMILES string of the molecule is CC/C=C\C/C=C\C/C=C\C/C=C\C/C=C\C/C=C\C/C=C\CCCCCCCCCC(=O)OC(COC(=O)CCCCCCCCCCCCCCCCCCCC/C=C\C/C=C\C/C=C\CCCCCCC)COC(OCC[N+](C)(C)C)C(=O)[O-]. The van der Waals surface area contributed by atoms with Crippen LogP contribution in [0.1, 0.15) is 296 Å². The largest absolute Gasteiger partial charge is 0.545 e. The molecule has 0 heterocycles. The average Bonchev–Trinajstić information content (AvgIpc) is 3.57. The summed E-state index contributed by atoms with van der Waals surface area (Å²) in [5, 5.41) is 11.8. The maximum atomic E-state index is 12.9. The topological polar surface area (TPSA) is 111 Å². The minimum absolute atomic E-state index is 0.140. The maximum Gasteiger partial charge on any atom is 0.306 e. The quantitative estimate of drug-likeness (QED) is 0.0195. The van der Waals surface area contributed by atoms with Gasteiger partial charge in [-0.1, -0.05) is 296 Å². The van der Waals surface area contributed by atoms with Crippen LogP contribution >= 0.6 is 0 Å². The number of hydrogen-bond donors (Lipinski definition) is 0. The van der Waals surface area contributed by atoms with E-state index in [1.807, 2.05) is 21.1 Å². The molecule has 87 heavy (non-hydrogen) atoms. The Balaban J connectivity index is 4.14. The third kappa shape index (κ3) is 69.0. The highest BCUT2D eigenvalue weighted by Crippen LogP contribution is 2.17. The number of aliphatic carboxylic acids is 1. The molecule has 0 aliphatic heterocycles. The highest BCUT2D eigenvalue weighted by atomic mass is 16.7. The zero-order chi connectivity index (χ0) is 63.3. The summed E-state index contributed by atoms with van der Waals surface area (Å²) in [7, 11) is 5.92. The summed E-state index contributed by atoms with van der Waals surface area (Å²) in [6, 6.07) is 0. The third-order valence-corrected chi connectivity index (χ3v) is 15.2. The van der Waals surface area contributed by atoms with E-state index >= 15 is 0 Å². The number of hydrogen-bond acceptors (Lipinski definition) is 8. The van der Waals surface area contributed by atoms with Crippen LogP contribution in [0.25, 0.3) is 0 Å². The standard InChI is InChI=1S/C78H133NO8/c1-6-8-10-12-14-16-18-20-22-24-26-28-30-32-34-36-37-38-39-41-42-44-46-48-50-52-54-56-58-60-62-64-66-68-75(80)85-72-74(73-86-78(77(82)83)84-71-70-79(3,4)5)87-76(81)69-67-65-63-61-59-57-55-53-51-49-47-45-43-40-35-33-31-29-27-25-23-21-19-17-15-13-11-9-7-2/h9,11,15,17-18,20-21,23-24,26-27,29-30,32-33,35,43,45,49,51,74,78H,6-8,10,12-14,16,19,22,25,28,31,34,36-42,44,46-48,50,52-73H2,1-5H3/b11-9-,17-15-,20-18-,23-21-,26-24-,29-27-,32-30-,35-33-,45-43-,51-49-. The van der Waals surface area contributed by atoms with Crippen molar-refractivity contribution in [3.8, 4) is 0 Å². The van der Waals surface area contributed by atoms with Gasteiger partial charge in [-0.2, -0.15) is 0 Å². The molecule has 2 unspecified atom stereocenters. The molecule has 0 aliphatic carbocycles. The highest BCUT2D eigenvalue weighted by molar-refractivity contribution is 5.70. The summed E-state index contributed by atoms with van der Waals surface area (Å²) in [5.74, 6) is -2.30. The van der Waals surface area contributed by atoms with Gasteiger partial charge in [-0.3, -0.25) is 9.59 Å². The fourth-order valence-electron chi connectivity index (χ4n) is 9.76. The van der Waals surface area contributed by atoms with E-state index in [2.05, 4.69) is 135 Å². The van der Waals surface area contributed by atoms with Gasteiger partial charge >= 0.3 is 11.9 Å². The molecule has 0 aromatic rings. The molecule has 0 radical (unpaired) electrons. The lowest BCUT2D eigenvalue weighted by molar-refractivity contribution is -0.870. The number of rotatable bonds is 65. The number of nitrogens with zero attached hydrogens (tertiary/aromatic N) is 1. The van der Waals surface area contributed by atoms with E-state index in [1.165, 1.54) is 161 Å². The Hall–Kier alpha value is -4.31. The number of carbonyl (C=O) groups is 3. The van der Waals surface area contributed by atoms with Gasteiger partial charge in [-0.25, -0.2) is 0 Å². The van der Waals surface area contributed by atoms with Gasteiger partial charge in [0.05, 0.1) is 40.3 Å². The summed E-state index contributed by atoms with van der Waals surface area (Å²) in [5.41, 5.74) is 0. The van der Waals surface area contributed by atoms with E-state index in [1.54, 1.807) is 0 Å². The normalized spacial score (nSPS) is 13.4.